The van der Waals surface area contributed by atoms with Gasteiger partial charge in [0.25, 0.3) is 7.82 Å². The number of amides is 1. The normalized spacial score (nSPS) is 14.1. The standard InChI is InChI=1S/C71H129N2O7P/c1-7-10-13-16-19-22-25-28-30-32-34-35-36-37-39-41-43-46-49-52-55-58-61-64-71(75)80-69(62-59-56-53-50-47-44-27-24-21-18-15-12-9-3)68(67-79-81(76,77)78-66-65-73(4,5)6)72-70(74)63-60-57-54-51-48-45-42-40-38-33-31-29-26-23-20-17-14-11-8-2/h10,13,19,22,28,30,34-35,37,39,43,46,59,62,68-69H,7-9,11-12,14-18,20-21,23-27,29,31-33,36,38,40-42,44-45,47-58,60-61,63-67H2,1-6H3,(H-,72,74,76,77)/b13-10-,22-19-,30-28-,35-34-,39-37-,46-43-,62-59+. The number of ether oxygens (including phenoxy) is 1. The van der Waals surface area contributed by atoms with Crippen LogP contribution in [0.1, 0.15) is 303 Å². The van der Waals surface area contributed by atoms with Crippen LogP contribution in [0.25, 0.3) is 0 Å². The monoisotopic (exact) mass is 1150 g/mol. The highest BCUT2D eigenvalue weighted by molar-refractivity contribution is 7.45. The number of esters is 1. The molecule has 1 amide bonds. The minimum absolute atomic E-state index is 0.0284. The average molecular weight is 1150 g/mol. The van der Waals surface area contributed by atoms with Gasteiger partial charge in [-0.05, 0) is 83.1 Å². The molecule has 81 heavy (non-hydrogen) atoms. The van der Waals surface area contributed by atoms with E-state index in [0.717, 1.165) is 103 Å². The van der Waals surface area contributed by atoms with E-state index in [0.29, 0.717) is 23.9 Å². The van der Waals surface area contributed by atoms with E-state index in [9.17, 15) is 19.0 Å². The molecule has 0 rings (SSSR count). The van der Waals surface area contributed by atoms with Gasteiger partial charge >= 0.3 is 5.97 Å². The van der Waals surface area contributed by atoms with E-state index in [4.69, 9.17) is 13.8 Å². The summed E-state index contributed by atoms with van der Waals surface area (Å²) in [5.74, 6) is -0.562. The van der Waals surface area contributed by atoms with Crippen LogP contribution in [-0.4, -0.2) is 69.4 Å². The van der Waals surface area contributed by atoms with E-state index < -0.39 is 26.6 Å². The van der Waals surface area contributed by atoms with E-state index in [-0.39, 0.29) is 24.9 Å². The number of rotatable bonds is 61. The average Bonchev–Trinajstić information content (AvgIpc) is 3.44. The first-order chi connectivity index (χ1) is 39.4. The van der Waals surface area contributed by atoms with Gasteiger partial charge in [-0.25, -0.2) is 0 Å². The van der Waals surface area contributed by atoms with Crippen molar-refractivity contribution in [1.29, 1.82) is 0 Å². The summed E-state index contributed by atoms with van der Waals surface area (Å²) in [4.78, 5) is 40.1. The number of phosphoric acid groups is 1. The fourth-order valence-electron chi connectivity index (χ4n) is 9.64. The number of phosphoric ester groups is 1. The molecule has 470 valence electrons. The number of carbonyl (C=O) groups excluding carboxylic acids is 2. The van der Waals surface area contributed by atoms with E-state index in [1.54, 1.807) is 0 Å². The molecule has 1 N–H and O–H groups in total. The number of hydrogen-bond donors (Lipinski definition) is 1. The maximum atomic E-state index is 13.6. The summed E-state index contributed by atoms with van der Waals surface area (Å²) in [6, 6.07) is -0.902. The topological polar surface area (TPSA) is 114 Å². The molecule has 3 unspecified atom stereocenters. The third kappa shape index (κ3) is 61.6. The van der Waals surface area contributed by atoms with Crippen LogP contribution >= 0.6 is 7.82 Å². The Morgan fingerprint density at radius 1 is 0.444 bits per heavy atom. The molecule has 0 radical (unpaired) electrons. The summed E-state index contributed by atoms with van der Waals surface area (Å²) in [6.45, 7) is 6.74. The second-order valence-corrected chi connectivity index (χ2v) is 25.4. The zero-order valence-corrected chi connectivity index (χ0v) is 54.6. The van der Waals surface area contributed by atoms with Gasteiger partial charge in [0.05, 0.1) is 33.8 Å². The summed E-state index contributed by atoms with van der Waals surface area (Å²) in [7, 11) is 1.17. The highest BCUT2D eigenvalue weighted by Gasteiger charge is 2.27. The Morgan fingerprint density at radius 2 is 0.790 bits per heavy atom. The lowest BCUT2D eigenvalue weighted by atomic mass is 10.0. The van der Waals surface area contributed by atoms with Crippen LogP contribution in [-0.2, 0) is 27.9 Å². The Balaban J connectivity index is 5.24. The quantitative estimate of drug-likeness (QED) is 0.0212. The van der Waals surface area contributed by atoms with Crippen LogP contribution in [0.4, 0.5) is 0 Å². The number of allylic oxidation sites excluding steroid dienone is 13. The highest BCUT2D eigenvalue weighted by Crippen LogP contribution is 2.38. The highest BCUT2D eigenvalue weighted by atomic mass is 31.2. The van der Waals surface area contributed by atoms with Crippen molar-refractivity contribution in [3.05, 3.63) is 85.1 Å². The molecule has 0 aliphatic heterocycles. The molecule has 0 aliphatic rings. The van der Waals surface area contributed by atoms with Crippen LogP contribution < -0.4 is 10.2 Å². The number of hydrogen-bond acceptors (Lipinski definition) is 7. The third-order valence-corrected chi connectivity index (χ3v) is 15.8. The number of likely N-dealkylation sites (N-methyl/N-ethyl adjacent to an activating group) is 1. The van der Waals surface area contributed by atoms with Gasteiger partial charge in [0.15, 0.2) is 0 Å². The molecule has 0 fully saturated rings. The Hall–Kier alpha value is -2.81. The molecule has 0 spiro atoms. The van der Waals surface area contributed by atoms with E-state index in [1.807, 2.05) is 33.3 Å². The second-order valence-electron chi connectivity index (χ2n) is 24.0. The second kappa shape index (κ2) is 60.3. The largest absolute Gasteiger partial charge is 0.756 e. The van der Waals surface area contributed by atoms with Crippen LogP contribution in [0.15, 0.2) is 85.1 Å². The smallest absolute Gasteiger partial charge is 0.306 e. The summed E-state index contributed by atoms with van der Waals surface area (Å²) in [5.41, 5.74) is 0. The van der Waals surface area contributed by atoms with Gasteiger partial charge in [-0.3, -0.25) is 14.2 Å². The predicted molar refractivity (Wildman–Crippen MR) is 348 cm³/mol. The zero-order valence-electron chi connectivity index (χ0n) is 53.7. The van der Waals surface area contributed by atoms with Crippen LogP contribution in [0.3, 0.4) is 0 Å². The molecular formula is C71H129N2O7P. The maximum absolute atomic E-state index is 13.6. The lowest BCUT2D eigenvalue weighted by molar-refractivity contribution is -0.870. The van der Waals surface area contributed by atoms with Gasteiger partial charge in [-0.15, -0.1) is 0 Å². The summed E-state index contributed by atoms with van der Waals surface area (Å²) >= 11 is 0. The van der Waals surface area contributed by atoms with Crippen LogP contribution in [0.2, 0.25) is 0 Å². The number of nitrogens with zero attached hydrogens (tertiary/aromatic N) is 1. The molecule has 0 bridgehead atoms. The maximum Gasteiger partial charge on any atom is 0.306 e. The van der Waals surface area contributed by atoms with Gasteiger partial charge in [0.1, 0.15) is 19.3 Å². The van der Waals surface area contributed by atoms with Gasteiger partial charge < -0.3 is 28.5 Å². The SMILES string of the molecule is CC/C=C\C/C=C\C/C=C\C/C=C\C/C=C\C/C=C\CCCCCCC(=O)OC(/C=C/CCCCCCCCCCCCC)C(COP(=O)([O-])OCC[N+](C)(C)C)NC(=O)CCCCCCCCCCCCCCCCCCCCC. The van der Waals surface area contributed by atoms with E-state index in [1.165, 1.54) is 161 Å². The first kappa shape index (κ1) is 78.2. The van der Waals surface area contributed by atoms with Crippen molar-refractivity contribution in [3.63, 3.8) is 0 Å². The summed E-state index contributed by atoms with van der Waals surface area (Å²) < 4.78 is 30.4. The molecule has 9 nitrogen and oxygen atoms in total. The van der Waals surface area contributed by atoms with Gasteiger partial charge in [0, 0.05) is 12.8 Å². The zero-order chi connectivity index (χ0) is 59.3. The molecule has 0 aromatic heterocycles. The van der Waals surface area contributed by atoms with Crippen molar-refractivity contribution in [1.82, 2.24) is 5.32 Å². The number of unbranched alkanes of at least 4 members (excludes halogenated alkanes) is 33. The van der Waals surface area contributed by atoms with Gasteiger partial charge in [-0.1, -0.05) is 292 Å². The van der Waals surface area contributed by atoms with Crippen molar-refractivity contribution in [3.8, 4) is 0 Å². The number of quaternary nitrogens is 1. The number of nitrogens with one attached hydrogen (secondary N) is 1. The van der Waals surface area contributed by atoms with Crippen molar-refractivity contribution >= 4 is 19.7 Å². The molecule has 0 heterocycles. The predicted octanol–water partition coefficient (Wildman–Crippen LogP) is 20.7. The van der Waals surface area contributed by atoms with E-state index in [2.05, 4.69) is 99.0 Å². The first-order valence-electron chi connectivity index (χ1n) is 33.9. The first-order valence-corrected chi connectivity index (χ1v) is 35.4. The molecule has 10 heteroatoms. The van der Waals surface area contributed by atoms with Crippen molar-refractivity contribution in [2.75, 3.05) is 40.9 Å². The fraction of sp³-hybridized carbons (Fsp3) is 0.775. The fourth-order valence-corrected chi connectivity index (χ4v) is 10.4. The molecule has 0 saturated carbocycles. The molecule has 3 atom stereocenters. The molecule has 0 saturated heterocycles. The Kier molecular flexibility index (Phi) is 58.2. The van der Waals surface area contributed by atoms with Crippen molar-refractivity contribution in [2.45, 2.75) is 315 Å². The molecule has 0 aromatic rings. The van der Waals surface area contributed by atoms with Gasteiger partial charge in [0.2, 0.25) is 5.91 Å². The Bertz CT molecular complexity index is 1660. The van der Waals surface area contributed by atoms with Gasteiger partial charge in [-0.2, -0.15) is 0 Å². The Labute approximate surface area is 501 Å². The third-order valence-electron chi connectivity index (χ3n) is 14.8. The van der Waals surface area contributed by atoms with Crippen LogP contribution in [0, 0.1) is 0 Å². The molecule has 0 aromatic carbocycles. The molecule has 0 aliphatic carbocycles. The minimum Gasteiger partial charge on any atom is -0.756 e. The lowest BCUT2D eigenvalue weighted by Crippen LogP contribution is -2.47. The summed E-state index contributed by atoms with van der Waals surface area (Å²) in [6.07, 6.45) is 79.8. The number of carbonyl (C=O) groups is 2. The Morgan fingerprint density at radius 3 is 1.19 bits per heavy atom. The van der Waals surface area contributed by atoms with Crippen LogP contribution in [0.5, 0.6) is 0 Å². The lowest BCUT2D eigenvalue weighted by Gasteiger charge is -2.30. The minimum atomic E-state index is -4.71. The van der Waals surface area contributed by atoms with E-state index >= 15 is 0 Å². The van der Waals surface area contributed by atoms with Crippen molar-refractivity contribution in [2.24, 2.45) is 0 Å². The molecular weight excluding hydrogens is 1020 g/mol. The summed E-state index contributed by atoms with van der Waals surface area (Å²) in [5, 5.41) is 3.04. The van der Waals surface area contributed by atoms with Crippen molar-refractivity contribution < 1.29 is 37.3 Å².